The highest BCUT2D eigenvalue weighted by molar-refractivity contribution is 6.30. The van der Waals surface area contributed by atoms with Crippen LogP contribution in [0.1, 0.15) is 5.56 Å². The molecule has 0 aliphatic carbocycles. The zero-order valence-electron chi connectivity index (χ0n) is 14.0. The lowest BCUT2D eigenvalue weighted by atomic mass is 10.1. The summed E-state index contributed by atoms with van der Waals surface area (Å²) in [5.74, 6) is -0.591. The van der Waals surface area contributed by atoms with Gasteiger partial charge in [0.1, 0.15) is 17.5 Å². The van der Waals surface area contributed by atoms with Crippen LogP contribution < -0.4 is 4.90 Å². The Hall–Kier alpha value is -2.84. The first-order chi connectivity index (χ1) is 12.6. The van der Waals surface area contributed by atoms with Crippen LogP contribution in [0.4, 0.5) is 10.1 Å². The van der Waals surface area contributed by atoms with Crippen molar-refractivity contribution in [3.8, 4) is 6.07 Å². The summed E-state index contributed by atoms with van der Waals surface area (Å²) in [5, 5.41) is 9.91. The van der Waals surface area contributed by atoms with Crippen LogP contribution in [0, 0.1) is 17.1 Å². The average molecular weight is 370 g/mol. The monoisotopic (exact) mass is 369 g/mol. The number of carbonyl (C=O) groups is 1. The highest BCUT2D eigenvalue weighted by atomic mass is 35.5. The number of para-hydroxylation sites is 1. The fraction of sp³-hybridized carbons (Fsp3) is 0.200. The van der Waals surface area contributed by atoms with Crippen LogP contribution in [0.5, 0.6) is 0 Å². The summed E-state index contributed by atoms with van der Waals surface area (Å²) in [5.41, 5.74) is 1.30. The maximum absolute atomic E-state index is 13.9. The second kappa shape index (κ2) is 8.03. The summed E-state index contributed by atoms with van der Waals surface area (Å²) >= 11 is 5.94. The second-order valence-electron chi connectivity index (χ2n) is 5.96. The van der Waals surface area contributed by atoms with Gasteiger partial charge in [-0.25, -0.2) is 4.39 Å². The van der Waals surface area contributed by atoms with E-state index < -0.39 is 0 Å². The van der Waals surface area contributed by atoms with Gasteiger partial charge in [0.25, 0.3) is 5.91 Å². The van der Waals surface area contributed by atoms with Crippen molar-refractivity contribution in [1.29, 1.82) is 5.26 Å². The summed E-state index contributed by atoms with van der Waals surface area (Å²) < 4.78 is 13.9. The number of anilines is 1. The van der Waals surface area contributed by atoms with Crippen LogP contribution >= 0.6 is 11.6 Å². The molecule has 1 saturated heterocycles. The molecular weight excluding hydrogens is 353 g/mol. The van der Waals surface area contributed by atoms with E-state index in [0.717, 1.165) is 0 Å². The second-order valence-corrected chi connectivity index (χ2v) is 6.39. The molecule has 0 aromatic heterocycles. The minimum atomic E-state index is -0.319. The van der Waals surface area contributed by atoms with Gasteiger partial charge in [-0.2, -0.15) is 5.26 Å². The van der Waals surface area contributed by atoms with Crippen molar-refractivity contribution < 1.29 is 9.18 Å². The number of nitriles is 1. The minimum absolute atomic E-state index is 0.0617. The summed E-state index contributed by atoms with van der Waals surface area (Å²) in [7, 11) is 0. The topological polar surface area (TPSA) is 47.3 Å². The average Bonchev–Trinajstić information content (AvgIpc) is 2.66. The largest absolute Gasteiger partial charge is 0.366 e. The molecular formula is C20H17ClFN3O. The number of rotatable bonds is 3. The number of carbonyl (C=O) groups excluding carboxylic acids is 1. The van der Waals surface area contributed by atoms with Crippen molar-refractivity contribution in [3.63, 3.8) is 0 Å². The smallest absolute Gasteiger partial charge is 0.264 e. The van der Waals surface area contributed by atoms with Gasteiger partial charge in [0.2, 0.25) is 0 Å². The lowest BCUT2D eigenvalue weighted by molar-refractivity contribution is -0.126. The first-order valence-corrected chi connectivity index (χ1v) is 8.62. The Morgan fingerprint density at radius 2 is 1.85 bits per heavy atom. The van der Waals surface area contributed by atoms with Gasteiger partial charge in [-0.05, 0) is 35.9 Å². The van der Waals surface area contributed by atoms with Crippen molar-refractivity contribution in [1.82, 2.24) is 4.90 Å². The van der Waals surface area contributed by atoms with Gasteiger partial charge in [0, 0.05) is 31.2 Å². The third-order valence-corrected chi connectivity index (χ3v) is 4.51. The molecule has 6 heteroatoms. The number of halogens is 2. The molecule has 4 nitrogen and oxygen atoms in total. The molecule has 1 aliphatic rings. The normalized spacial score (nSPS) is 14.9. The highest BCUT2D eigenvalue weighted by Crippen LogP contribution is 2.21. The molecule has 2 aromatic carbocycles. The number of amides is 1. The predicted octanol–water partition coefficient (Wildman–Crippen LogP) is 3.73. The molecule has 0 N–H and O–H groups in total. The Labute approximate surface area is 156 Å². The molecule has 1 heterocycles. The maximum Gasteiger partial charge on any atom is 0.264 e. The van der Waals surface area contributed by atoms with E-state index in [1.807, 2.05) is 11.0 Å². The van der Waals surface area contributed by atoms with Gasteiger partial charge in [-0.15, -0.1) is 0 Å². The summed E-state index contributed by atoms with van der Waals surface area (Å²) in [6, 6.07) is 15.5. The molecule has 0 bridgehead atoms. The first-order valence-electron chi connectivity index (χ1n) is 8.24. The molecule has 1 fully saturated rings. The van der Waals surface area contributed by atoms with Gasteiger partial charge >= 0.3 is 0 Å². The van der Waals surface area contributed by atoms with Crippen molar-refractivity contribution in [2.24, 2.45) is 0 Å². The van der Waals surface area contributed by atoms with Gasteiger partial charge < -0.3 is 9.80 Å². The Bertz CT molecular complexity index is 883. The van der Waals surface area contributed by atoms with E-state index in [4.69, 9.17) is 11.6 Å². The van der Waals surface area contributed by atoms with Crippen molar-refractivity contribution in [2.45, 2.75) is 0 Å². The van der Waals surface area contributed by atoms with Crippen LogP contribution in [0.3, 0.4) is 0 Å². The number of hydrogen-bond acceptors (Lipinski definition) is 3. The van der Waals surface area contributed by atoms with Crippen LogP contribution in [-0.2, 0) is 4.79 Å². The molecule has 26 heavy (non-hydrogen) atoms. The van der Waals surface area contributed by atoms with Crippen molar-refractivity contribution in [2.75, 3.05) is 31.1 Å². The van der Waals surface area contributed by atoms with E-state index in [1.54, 1.807) is 47.4 Å². The van der Waals surface area contributed by atoms with Gasteiger partial charge in [-0.1, -0.05) is 35.9 Å². The summed E-state index contributed by atoms with van der Waals surface area (Å²) in [6.45, 7) is 1.90. The first kappa shape index (κ1) is 18.0. The number of piperazine rings is 1. The molecule has 3 rings (SSSR count). The van der Waals surface area contributed by atoms with E-state index >= 15 is 0 Å². The fourth-order valence-electron chi connectivity index (χ4n) is 2.93. The molecule has 0 unspecified atom stereocenters. The quantitative estimate of drug-likeness (QED) is 0.611. The van der Waals surface area contributed by atoms with Crippen LogP contribution in [-0.4, -0.2) is 37.0 Å². The molecule has 132 valence electrons. The van der Waals surface area contributed by atoms with Crippen LogP contribution in [0.25, 0.3) is 6.08 Å². The number of hydrogen-bond donors (Lipinski definition) is 0. The number of nitrogens with zero attached hydrogens (tertiary/aromatic N) is 3. The summed E-state index contributed by atoms with van der Waals surface area (Å²) in [4.78, 5) is 16.2. The van der Waals surface area contributed by atoms with Crippen LogP contribution in [0.15, 0.2) is 54.1 Å². The van der Waals surface area contributed by atoms with Gasteiger partial charge in [-0.3, -0.25) is 4.79 Å². The van der Waals surface area contributed by atoms with Crippen LogP contribution in [0.2, 0.25) is 5.02 Å². The Kier molecular flexibility index (Phi) is 5.55. The lowest BCUT2D eigenvalue weighted by Crippen LogP contribution is -2.49. The van der Waals surface area contributed by atoms with E-state index in [0.29, 0.717) is 42.5 Å². The molecule has 0 radical (unpaired) electrons. The van der Waals surface area contributed by atoms with Crippen molar-refractivity contribution >= 4 is 29.3 Å². The molecule has 1 aliphatic heterocycles. The molecule has 0 atom stereocenters. The zero-order chi connectivity index (χ0) is 18.5. The maximum atomic E-state index is 13.9. The predicted molar refractivity (Wildman–Crippen MR) is 100 cm³/mol. The highest BCUT2D eigenvalue weighted by Gasteiger charge is 2.24. The Balaban J connectivity index is 1.69. The molecule has 1 amide bonds. The SMILES string of the molecule is N#C/C(=C\c1cccc(Cl)c1)C(=O)N1CCN(c2ccccc2F)CC1. The Morgan fingerprint density at radius 1 is 1.12 bits per heavy atom. The minimum Gasteiger partial charge on any atom is -0.366 e. The molecule has 2 aromatic rings. The van der Waals surface area contributed by atoms with Crippen molar-refractivity contribution in [3.05, 3.63) is 70.5 Å². The fourth-order valence-corrected chi connectivity index (χ4v) is 3.13. The third-order valence-electron chi connectivity index (χ3n) is 4.27. The summed E-state index contributed by atoms with van der Waals surface area (Å²) in [6.07, 6.45) is 1.54. The van der Waals surface area contributed by atoms with Gasteiger partial charge in [0.15, 0.2) is 0 Å². The third kappa shape index (κ3) is 4.04. The van der Waals surface area contributed by atoms with E-state index in [2.05, 4.69) is 0 Å². The molecule has 0 saturated carbocycles. The van der Waals surface area contributed by atoms with E-state index in [9.17, 15) is 14.4 Å². The lowest BCUT2D eigenvalue weighted by Gasteiger charge is -2.36. The molecule has 0 spiro atoms. The van der Waals surface area contributed by atoms with E-state index in [-0.39, 0.29) is 17.3 Å². The number of benzene rings is 2. The van der Waals surface area contributed by atoms with E-state index in [1.165, 1.54) is 12.1 Å². The standard InChI is InChI=1S/C20H17ClFN3O/c21-17-5-3-4-15(13-17)12-16(14-23)20(26)25-10-8-24(9-11-25)19-7-2-1-6-18(19)22/h1-7,12-13H,8-11H2/b16-12+. The Morgan fingerprint density at radius 3 is 2.50 bits per heavy atom. The zero-order valence-corrected chi connectivity index (χ0v) is 14.8. The van der Waals surface area contributed by atoms with Gasteiger partial charge in [0.05, 0.1) is 5.69 Å².